The summed E-state index contributed by atoms with van der Waals surface area (Å²) >= 11 is 0. The average Bonchev–Trinajstić information content (AvgIpc) is 2.95. The molecule has 158 valence electrons. The molecule has 0 aromatic carbocycles. The summed E-state index contributed by atoms with van der Waals surface area (Å²) in [5, 5.41) is 0. The van der Waals surface area contributed by atoms with E-state index in [-0.39, 0.29) is 11.9 Å². The van der Waals surface area contributed by atoms with E-state index in [1.54, 1.807) is 6.08 Å². The first-order valence-electron chi connectivity index (χ1n) is 10.7. The predicted octanol–water partition coefficient (Wildman–Crippen LogP) is 3.31. The minimum Gasteiger partial charge on any atom is -0.369 e. The molecule has 1 saturated heterocycles. The van der Waals surface area contributed by atoms with Crippen molar-refractivity contribution in [3.8, 4) is 0 Å². The van der Waals surface area contributed by atoms with Gasteiger partial charge in [0, 0.05) is 44.3 Å². The number of imidazole rings is 1. The monoisotopic (exact) mass is 405 g/mol. The Morgan fingerprint density at radius 1 is 1.17 bits per heavy atom. The third-order valence-corrected chi connectivity index (χ3v) is 5.96. The second kappa shape index (κ2) is 8.48. The summed E-state index contributed by atoms with van der Waals surface area (Å²) in [7, 11) is 2.17. The summed E-state index contributed by atoms with van der Waals surface area (Å²) < 4.78 is 2.01. The van der Waals surface area contributed by atoms with E-state index >= 15 is 0 Å². The normalized spacial score (nSPS) is 21.1. The Hall–Kier alpha value is -2.86. The lowest BCUT2D eigenvalue weighted by Crippen LogP contribution is -2.37. The van der Waals surface area contributed by atoms with Gasteiger partial charge in [0.05, 0.1) is 17.4 Å². The number of aromatic nitrogens is 2. The van der Waals surface area contributed by atoms with Crippen LogP contribution in [-0.2, 0) is 4.79 Å². The van der Waals surface area contributed by atoms with Gasteiger partial charge in [0.15, 0.2) is 0 Å². The van der Waals surface area contributed by atoms with E-state index in [4.69, 9.17) is 0 Å². The van der Waals surface area contributed by atoms with E-state index in [9.17, 15) is 4.79 Å². The highest BCUT2D eigenvalue weighted by Crippen LogP contribution is 2.21. The topological polar surface area (TPSA) is 44.1 Å². The molecule has 4 heterocycles. The summed E-state index contributed by atoms with van der Waals surface area (Å²) in [6.45, 7) is 10.2. The molecule has 4 rings (SSSR count). The molecule has 2 aliphatic rings. The molecular formula is C24H31N5O. The fourth-order valence-electron chi connectivity index (χ4n) is 4.08. The first-order valence-corrected chi connectivity index (χ1v) is 10.7. The Kier molecular flexibility index (Phi) is 5.77. The number of pyridine rings is 1. The van der Waals surface area contributed by atoms with Crippen LogP contribution in [0.5, 0.6) is 0 Å². The first-order chi connectivity index (χ1) is 14.4. The van der Waals surface area contributed by atoms with Gasteiger partial charge < -0.3 is 19.1 Å². The lowest BCUT2D eigenvalue weighted by molar-refractivity contribution is -0.124. The maximum atomic E-state index is 13.1. The maximum Gasteiger partial charge on any atom is 0.251 e. The number of carbonyl (C=O) groups is 1. The zero-order chi connectivity index (χ0) is 21.3. The Morgan fingerprint density at radius 2 is 2.00 bits per heavy atom. The van der Waals surface area contributed by atoms with Gasteiger partial charge in [0.1, 0.15) is 5.65 Å². The van der Waals surface area contributed by atoms with Gasteiger partial charge in [-0.3, -0.25) is 4.79 Å². The standard InChI is InChI=1S/C24H31N5O/c1-18(21-7-9-23-25-19(2)15-28(23)16-21)14-24(30)29-17-22(8-6-20(29)3)27-11-5-10-26(4)12-13-27/h6-9,14-17,20H,5,10-13H2,1-4H3/b18-14+. The van der Waals surface area contributed by atoms with Crippen LogP contribution in [0.15, 0.2) is 54.7 Å². The molecule has 1 amide bonds. The van der Waals surface area contributed by atoms with Crippen molar-refractivity contribution in [3.05, 3.63) is 65.9 Å². The average molecular weight is 406 g/mol. The number of hydrogen-bond acceptors (Lipinski definition) is 4. The van der Waals surface area contributed by atoms with Crippen LogP contribution in [-0.4, -0.2) is 69.3 Å². The van der Waals surface area contributed by atoms with E-state index in [2.05, 4.69) is 40.9 Å². The quantitative estimate of drug-likeness (QED) is 0.735. The molecule has 2 aromatic rings. The van der Waals surface area contributed by atoms with Crippen LogP contribution in [0, 0.1) is 6.92 Å². The third-order valence-electron chi connectivity index (χ3n) is 5.96. The van der Waals surface area contributed by atoms with E-state index in [0.29, 0.717) is 0 Å². The van der Waals surface area contributed by atoms with Gasteiger partial charge in [0.25, 0.3) is 5.91 Å². The Morgan fingerprint density at radius 3 is 2.83 bits per heavy atom. The molecule has 30 heavy (non-hydrogen) atoms. The molecule has 6 heteroatoms. The van der Waals surface area contributed by atoms with Gasteiger partial charge in [-0.1, -0.05) is 6.08 Å². The zero-order valence-electron chi connectivity index (χ0n) is 18.4. The largest absolute Gasteiger partial charge is 0.369 e. The van der Waals surface area contributed by atoms with Crippen molar-refractivity contribution in [3.63, 3.8) is 0 Å². The zero-order valence-corrected chi connectivity index (χ0v) is 18.4. The highest BCUT2D eigenvalue weighted by molar-refractivity contribution is 5.96. The molecule has 0 saturated carbocycles. The van der Waals surface area contributed by atoms with E-state index < -0.39 is 0 Å². The molecule has 2 aromatic heterocycles. The number of amides is 1. The van der Waals surface area contributed by atoms with Gasteiger partial charge in [0.2, 0.25) is 0 Å². The highest BCUT2D eigenvalue weighted by atomic mass is 16.2. The summed E-state index contributed by atoms with van der Waals surface area (Å²) in [6.07, 6.45) is 13.2. The number of allylic oxidation sites excluding steroid dienone is 2. The fourth-order valence-corrected chi connectivity index (χ4v) is 4.08. The van der Waals surface area contributed by atoms with Gasteiger partial charge in [-0.25, -0.2) is 4.98 Å². The summed E-state index contributed by atoms with van der Waals surface area (Å²) in [6, 6.07) is 4.05. The predicted molar refractivity (Wildman–Crippen MR) is 121 cm³/mol. The minimum atomic E-state index is 0.00991. The Bertz CT molecular complexity index is 1030. The molecular weight excluding hydrogens is 374 g/mol. The Labute approximate surface area is 178 Å². The minimum absolute atomic E-state index is 0.00991. The second-order valence-electron chi connectivity index (χ2n) is 8.44. The summed E-state index contributed by atoms with van der Waals surface area (Å²) in [5.41, 5.74) is 4.99. The number of hydrogen-bond donors (Lipinski definition) is 0. The third kappa shape index (κ3) is 4.33. The van der Waals surface area contributed by atoms with Crippen LogP contribution in [0.25, 0.3) is 11.2 Å². The summed E-state index contributed by atoms with van der Waals surface area (Å²) in [5.74, 6) is 0.00991. The van der Waals surface area contributed by atoms with Crippen molar-refractivity contribution in [1.82, 2.24) is 24.1 Å². The van der Waals surface area contributed by atoms with Gasteiger partial charge in [-0.05, 0) is 70.1 Å². The van der Waals surface area contributed by atoms with Gasteiger partial charge in [-0.15, -0.1) is 0 Å². The lowest BCUT2D eigenvalue weighted by atomic mass is 10.1. The van der Waals surface area contributed by atoms with Gasteiger partial charge in [-0.2, -0.15) is 0 Å². The van der Waals surface area contributed by atoms with Crippen LogP contribution in [0.2, 0.25) is 0 Å². The van der Waals surface area contributed by atoms with Crippen molar-refractivity contribution in [2.45, 2.75) is 33.2 Å². The molecule has 0 aliphatic carbocycles. The highest BCUT2D eigenvalue weighted by Gasteiger charge is 2.22. The van der Waals surface area contributed by atoms with E-state index in [0.717, 1.165) is 60.8 Å². The van der Waals surface area contributed by atoms with Crippen molar-refractivity contribution in [2.75, 3.05) is 33.2 Å². The molecule has 0 N–H and O–H groups in total. The fraction of sp³-hybridized carbons (Fsp3) is 0.417. The van der Waals surface area contributed by atoms with Crippen molar-refractivity contribution in [2.24, 2.45) is 0 Å². The molecule has 0 spiro atoms. The molecule has 1 atom stereocenters. The van der Waals surface area contributed by atoms with Crippen molar-refractivity contribution >= 4 is 17.1 Å². The van der Waals surface area contributed by atoms with Crippen LogP contribution < -0.4 is 0 Å². The van der Waals surface area contributed by atoms with E-state index in [1.165, 1.54) is 0 Å². The van der Waals surface area contributed by atoms with Gasteiger partial charge >= 0.3 is 0 Å². The molecule has 6 nitrogen and oxygen atoms in total. The molecule has 2 aliphatic heterocycles. The second-order valence-corrected chi connectivity index (χ2v) is 8.44. The van der Waals surface area contributed by atoms with Crippen LogP contribution in [0.4, 0.5) is 0 Å². The molecule has 1 fully saturated rings. The molecule has 1 unspecified atom stereocenters. The Balaban J connectivity index is 1.54. The van der Waals surface area contributed by atoms with Crippen LogP contribution >= 0.6 is 0 Å². The SMILES string of the molecule is C/C(=C\C(=O)N1C=C(N2CCCN(C)CC2)C=CC1C)c1ccc2nc(C)cn2c1. The van der Waals surface area contributed by atoms with Crippen molar-refractivity contribution in [1.29, 1.82) is 0 Å². The van der Waals surface area contributed by atoms with Crippen LogP contribution in [0.1, 0.15) is 31.5 Å². The molecule has 0 radical (unpaired) electrons. The smallest absolute Gasteiger partial charge is 0.251 e. The number of aryl methyl sites for hydroxylation is 1. The van der Waals surface area contributed by atoms with E-state index in [1.807, 2.05) is 53.9 Å². The number of carbonyl (C=O) groups excluding carboxylic acids is 1. The number of rotatable bonds is 3. The maximum absolute atomic E-state index is 13.1. The lowest BCUT2D eigenvalue weighted by Gasteiger charge is -2.32. The molecule has 0 bridgehead atoms. The first kappa shape index (κ1) is 20.4. The van der Waals surface area contributed by atoms with Crippen LogP contribution in [0.3, 0.4) is 0 Å². The summed E-state index contributed by atoms with van der Waals surface area (Å²) in [4.78, 5) is 24.2. The number of likely N-dealkylation sites (N-methyl/N-ethyl adjacent to an activating group) is 1. The number of fused-ring (bicyclic) bond motifs is 1. The van der Waals surface area contributed by atoms with Crippen molar-refractivity contribution < 1.29 is 4.79 Å². The number of nitrogens with zero attached hydrogens (tertiary/aromatic N) is 5.